The van der Waals surface area contributed by atoms with Crippen LogP contribution >= 0.6 is 0 Å². The Balaban J connectivity index is -0.0000000904. The van der Waals surface area contributed by atoms with E-state index in [4.69, 9.17) is 21.7 Å². The summed E-state index contributed by atoms with van der Waals surface area (Å²) in [5.41, 5.74) is 0. The summed E-state index contributed by atoms with van der Waals surface area (Å²) in [6, 6.07) is 0. The van der Waals surface area contributed by atoms with Crippen molar-refractivity contribution < 1.29 is 140 Å². The van der Waals surface area contributed by atoms with Crippen LogP contribution in [0.15, 0.2) is 0 Å². The van der Waals surface area contributed by atoms with Gasteiger partial charge in [0.15, 0.2) is 0 Å². The second-order valence-electron chi connectivity index (χ2n) is 1.31. The summed E-state index contributed by atoms with van der Waals surface area (Å²) in [6.07, 6.45) is 0. The molecule has 0 heterocycles. The average Bonchev–Trinajstić information content (AvgIpc) is 1.42. The summed E-state index contributed by atoms with van der Waals surface area (Å²) in [7, 11) is -5.17. The average molecular weight is 407 g/mol. The molecule has 16 heavy (non-hydrogen) atoms. The summed E-state index contributed by atoms with van der Waals surface area (Å²) < 4.78 is 91.7. The molecule has 1 N–H and O–H groups in total. The van der Waals surface area contributed by atoms with Crippen molar-refractivity contribution >= 4 is 10.4 Å². The molecule has 0 amide bonds. The molecule has 0 atom stereocenters. The van der Waals surface area contributed by atoms with Crippen molar-refractivity contribution in [1.82, 2.24) is 0 Å². The second kappa shape index (κ2) is 10.0. The van der Waals surface area contributed by atoms with E-state index in [2.05, 4.69) is 2.84 Å². The Kier molecular flexibility index (Phi) is 16.7. The van der Waals surface area contributed by atoms with E-state index in [1.165, 1.54) is 0 Å². The molecule has 0 aromatic carbocycles. The van der Waals surface area contributed by atoms with E-state index < -0.39 is 37.6 Å². The molecule has 0 aromatic heterocycles. The van der Waals surface area contributed by atoms with Crippen LogP contribution < -0.4 is 55.5 Å². The quantitative estimate of drug-likeness (QED) is 0.259. The summed E-state index contributed by atoms with van der Waals surface area (Å²) >= 11 is -11.8. The molecule has 11 nitrogen and oxygen atoms in total. The summed E-state index contributed by atoms with van der Waals surface area (Å²) in [4.78, 5) is 0. The van der Waals surface area contributed by atoms with Gasteiger partial charge in [0, 0.05) is 10.4 Å². The third kappa shape index (κ3) is 55.7. The maximum absolute atomic E-state index is 9.49. The van der Waals surface area contributed by atoms with Gasteiger partial charge in [-0.25, -0.2) is 0 Å². The summed E-state index contributed by atoms with van der Waals surface area (Å²) in [5, 5.41) is 0. The van der Waals surface area contributed by atoms with Crippen LogP contribution in [-0.4, -0.2) is 21.7 Å². The van der Waals surface area contributed by atoms with Crippen LogP contribution in [0.25, 0.3) is 0 Å². The first-order valence-corrected chi connectivity index (χ1v) is 7.56. The monoisotopic (exact) mass is 407 g/mol. The van der Waals surface area contributed by atoms with Gasteiger partial charge in [0.1, 0.15) is 0 Å². The molecule has 0 fully saturated rings. The van der Waals surface area contributed by atoms with Gasteiger partial charge in [0.05, 0.1) is 0 Å². The van der Waals surface area contributed by atoms with Crippen LogP contribution in [0.5, 0.6) is 0 Å². The second-order valence-corrected chi connectivity index (χ2v) is 5.83. The molecule has 1 radical (unpaired) electrons. The molecule has 0 aliphatic heterocycles. The van der Waals surface area contributed by atoms with Gasteiger partial charge in [0.2, 0.25) is 0 Å². The van der Waals surface area contributed by atoms with Gasteiger partial charge in [-0.3, -0.25) is 8.42 Å². The van der Waals surface area contributed by atoms with Crippen molar-refractivity contribution in [1.29, 1.82) is 0 Å². The van der Waals surface area contributed by atoms with Crippen molar-refractivity contribution in [3.63, 3.8) is 0 Å². The van der Waals surface area contributed by atoms with Crippen molar-refractivity contribution in [3.8, 4) is 0 Å². The molecule has 0 bridgehead atoms. The molecule has 0 unspecified atom stereocenters. The third-order valence-electron chi connectivity index (χ3n) is 0.169. The first kappa shape index (κ1) is 26.7. The van der Waals surface area contributed by atoms with Crippen molar-refractivity contribution in [3.05, 3.63) is 0 Å². The normalized spacial score (nSPS) is 11.2. The first-order valence-electron chi connectivity index (χ1n) is 2.02. The van der Waals surface area contributed by atoms with E-state index in [1.54, 1.807) is 0 Å². The van der Waals surface area contributed by atoms with Crippen LogP contribution in [-0.2, 0) is 72.7 Å². The van der Waals surface area contributed by atoms with Crippen molar-refractivity contribution in [2.75, 3.05) is 0 Å². The Labute approximate surface area is 147 Å². The molecule has 0 saturated heterocycles. The van der Waals surface area contributed by atoms with Crippen molar-refractivity contribution in [2.45, 2.75) is 0 Å². The molecule has 0 saturated carbocycles. The van der Waals surface area contributed by atoms with Gasteiger partial charge in [-0.1, -0.05) is 0 Å². The zero-order chi connectivity index (χ0) is 12.2. The van der Waals surface area contributed by atoms with Gasteiger partial charge in [-0.15, -0.1) is 0 Å². The Hall–Kier alpha value is 2.17. The Bertz CT molecular complexity index is 416. The standard InChI is InChI=1S/2Cr.K.Mn.H2O4S.H2O.6O/c;;;;1-5(2,3)4;;;;;;;/h;;;;(H2,1,2,3,4);1H2;;;;;;/q;2*+1;+2;;;;;;;;-1/p-3. The number of hydrogen-bond acceptors (Lipinski definition) is 10. The van der Waals surface area contributed by atoms with E-state index in [-0.39, 0.29) is 68.5 Å². The number of rotatable bonds is 2. The Morgan fingerprint density at radius 3 is 1.25 bits per heavy atom. The molecule has 0 spiro atoms. The molecule has 93 valence electrons. The molecular formula is HCr2KMnO11S. The number of hydrogen-bond donors (Lipinski definition) is 1. The molecule has 0 aliphatic rings. The van der Waals surface area contributed by atoms with Gasteiger partial charge in [-0.2, -0.15) is 0 Å². The minimum absolute atomic E-state index is 0. The molecule has 16 heteroatoms. The molecule has 0 aliphatic carbocycles. The molecule has 0 rings (SSSR count). The van der Waals surface area contributed by atoms with Gasteiger partial charge >= 0.3 is 122 Å². The predicted molar refractivity (Wildman–Crippen MR) is 16.5 cm³/mol. The van der Waals surface area contributed by atoms with E-state index in [9.17, 15) is 19.4 Å². The third-order valence-corrected chi connectivity index (χ3v) is 2.88. The Morgan fingerprint density at radius 1 is 1.06 bits per heavy atom. The molecular weight excluding hydrogens is 406 g/mol. The fourth-order valence-corrected chi connectivity index (χ4v) is 1.79. The first-order chi connectivity index (χ1) is 5.71. The summed E-state index contributed by atoms with van der Waals surface area (Å²) in [5.74, 6) is 0. The van der Waals surface area contributed by atoms with Crippen molar-refractivity contribution in [2.24, 2.45) is 0 Å². The zero-order valence-electron chi connectivity index (χ0n) is 7.13. The Morgan fingerprint density at radius 2 is 1.25 bits per heavy atom. The van der Waals surface area contributed by atoms with Crippen LogP contribution in [0.4, 0.5) is 0 Å². The van der Waals surface area contributed by atoms with Crippen LogP contribution in [0, 0.1) is 0 Å². The SMILES string of the molecule is O=S(=O)([O-])[O-].[K+].[Mn+2].[O]=[Cr](=[O])([O-])[O][Cr](=[O])(=[O])[OH]. The zero-order valence-corrected chi connectivity index (χ0v) is 14.8. The van der Waals surface area contributed by atoms with E-state index in [0.29, 0.717) is 0 Å². The topological polar surface area (TPSA) is 201 Å². The van der Waals surface area contributed by atoms with Gasteiger partial charge < -0.3 is 9.11 Å². The van der Waals surface area contributed by atoms with Gasteiger partial charge in [0.25, 0.3) is 0 Å². The fourth-order valence-electron chi connectivity index (χ4n) is 0.105. The van der Waals surface area contributed by atoms with Crippen LogP contribution in [0.2, 0.25) is 0 Å². The molecule has 0 aromatic rings. The minimum atomic E-state index is -6.01. The van der Waals surface area contributed by atoms with E-state index >= 15 is 0 Å². The van der Waals surface area contributed by atoms with Gasteiger partial charge in [-0.05, 0) is 0 Å². The van der Waals surface area contributed by atoms with E-state index in [0.717, 1.165) is 0 Å². The fraction of sp³-hybridized carbons (Fsp3) is 0. The van der Waals surface area contributed by atoms with Crippen LogP contribution in [0.1, 0.15) is 0 Å². The summed E-state index contributed by atoms with van der Waals surface area (Å²) in [6.45, 7) is 0. The van der Waals surface area contributed by atoms with E-state index in [1.807, 2.05) is 0 Å². The van der Waals surface area contributed by atoms with Crippen LogP contribution in [0.3, 0.4) is 0 Å². The maximum atomic E-state index is 9.49. The predicted octanol–water partition coefficient (Wildman–Crippen LogP) is -6.63.